The van der Waals surface area contributed by atoms with Crippen molar-refractivity contribution in [1.82, 2.24) is 0 Å². The number of aliphatic hydroxyl groups is 1. The standard InChI is InChI=1S/C9H15NO4/c1-14-7-3-5(9(12)13)2-6(4-11)8(7)10/h3,6-8,11H,2,4,10H2,1H3,(H,12,13)/t6-,7+,8-/m0/s1. The van der Waals surface area contributed by atoms with E-state index in [1.54, 1.807) is 0 Å². The summed E-state index contributed by atoms with van der Waals surface area (Å²) in [6.07, 6.45) is 1.39. The molecule has 0 heterocycles. The summed E-state index contributed by atoms with van der Waals surface area (Å²) in [7, 11) is 1.47. The Kier molecular flexibility index (Phi) is 3.62. The molecule has 5 heteroatoms. The average Bonchev–Trinajstić information content (AvgIpc) is 2.17. The van der Waals surface area contributed by atoms with Gasteiger partial charge in [-0.15, -0.1) is 0 Å². The molecule has 3 atom stereocenters. The second-order valence-electron chi connectivity index (χ2n) is 3.42. The van der Waals surface area contributed by atoms with E-state index < -0.39 is 12.1 Å². The maximum atomic E-state index is 10.7. The van der Waals surface area contributed by atoms with Crippen LogP contribution in [-0.2, 0) is 9.53 Å². The number of methoxy groups -OCH3 is 1. The lowest BCUT2D eigenvalue weighted by Crippen LogP contribution is -2.46. The van der Waals surface area contributed by atoms with Crippen LogP contribution in [0.4, 0.5) is 0 Å². The summed E-state index contributed by atoms with van der Waals surface area (Å²) in [5, 5.41) is 17.8. The first-order valence-electron chi connectivity index (χ1n) is 4.43. The number of ether oxygens (including phenoxy) is 1. The number of nitrogens with two attached hydrogens (primary N) is 1. The molecule has 0 aliphatic heterocycles. The van der Waals surface area contributed by atoms with Crippen LogP contribution in [0.3, 0.4) is 0 Å². The zero-order valence-corrected chi connectivity index (χ0v) is 8.01. The van der Waals surface area contributed by atoms with Crippen molar-refractivity contribution in [3.8, 4) is 0 Å². The summed E-state index contributed by atoms with van der Waals surface area (Å²) in [6, 6.07) is -0.340. The first kappa shape index (κ1) is 11.2. The molecule has 0 bridgehead atoms. The smallest absolute Gasteiger partial charge is 0.331 e. The monoisotopic (exact) mass is 201 g/mol. The van der Waals surface area contributed by atoms with Gasteiger partial charge in [0.05, 0.1) is 6.10 Å². The Morgan fingerprint density at radius 3 is 2.86 bits per heavy atom. The van der Waals surface area contributed by atoms with Gasteiger partial charge in [0.1, 0.15) is 0 Å². The van der Waals surface area contributed by atoms with Crippen LogP contribution in [0.15, 0.2) is 11.6 Å². The molecular weight excluding hydrogens is 186 g/mol. The molecule has 0 saturated carbocycles. The molecule has 14 heavy (non-hydrogen) atoms. The predicted molar refractivity (Wildman–Crippen MR) is 49.7 cm³/mol. The van der Waals surface area contributed by atoms with Crippen molar-refractivity contribution < 1.29 is 19.7 Å². The van der Waals surface area contributed by atoms with Gasteiger partial charge in [0.2, 0.25) is 0 Å². The number of carboxylic acids is 1. The van der Waals surface area contributed by atoms with Crippen LogP contribution < -0.4 is 5.73 Å². The van der Waals surface area contributed by atoms with E-state index in [0.717, 1.165) is 0 Å². The molecule has 0 amide bonds. The van der Waals surface area contributed by atoms with Gasteiger partial charge < -0.3 is 20.7 Å². The summed E-state index contributed by atoms with van der Waals surface area (Å²) in [4.78, 5) is 10.7. The number of aliphatic hydroxyl groups excluding tert-OH is 1. The largest absolute Gasteiger partial charge is 0.478 e. The number of hydrogen-bond donors (Lipinski definition) is 3. The van der Waals surface area contributed by atoms with Crippen LogP contribution in [0.2, 0.25) is 0 Å². The lowest BCUT2D eigenvalue weighted by atomic mass is 9.84. The lowest BCUT2D eigenvalue weighted by molar-refractivity contribution is -0.133. The number of hydrogen-bond acceptors (Lipinski definition) is 4. The van der Waals surface area contributed by atoms with Gasteiger partial charge in [-0.3, -0.25) is 0 Å². The lowest BCUT2D eigenvalue weighted by Gasteiger charge is -2.31. The van der Waals surface area contributed by atoms with Crippen molar-refractivity contribution in [1.29, 1.82) is 0 Å². The highest BCUT2D eigenvalue weighted by Crippen LogP contribution is 2.24. The molecule has 1 aliphatic carbocycles. The molecule has 1 rings (SSSR count). The number of carboxylic acid groups (broad SMARTS) is 1. The molecule has 0 spiro atoms. The quantitative estimate of drug-likeness (QED) is 0.564. The second-order valence-corrected chi connectivity index (χ2v) is 3.42. The van der Waals surface area contributed by atoms with E-state index in [0.29, 0.717) is 6.42 Å². The molecule has 0 aromatic rings. The summed E-state index contributed by atoms with van der Waals surface area (Å²) >= 11 is 0. The number of aliphatic carboxylic acids is 1. The van der Waals surface area contributed by atoms with E-state index >= 15 is 0 Å². The van der Waals surface area contributed by atoms with Crippen LogP contribution in [0.25, 0.3) is 0 Å². The molecule has 80 valence electrons. The fraction of sp³-hybridized carbons (Fsp3) is 0.667. The predicted octanol–water partition coefficient (Wildman–Crippen LogP) is -0.648. The van der Waals surface area contributed by atoms with Crippen molar-refractivity contribution >= 4 is 5.97 Å². The third-order valence-corrected chi connectivity index (χ3v) is 2.55. The van der Waals surface area contributed by atoms with Gasteiger partial charge in [-0.2, -0.15) is 0 Å². The summed E-state index contributed by atoms with van der Waals surface area (Å²) in [6.45, 7) is -0.119. The minimum atomic E-state index is -0.975. The van der Waals surface area contributed by atoms with Crippen LogP contribution in [-0.4, -0.2) is 42.0 Å². The summed E-state index contributed by atoms with van der Waals surface area (Å²) in [5.41, 5.74) is 6.05. The number of rotatable bonds is 3. The Balaban J connectivity index is 2.86. The van der Waals surface area contributed by atoms with Crippen molar-refractivity contribution in [2.24, 2.45) is 11.7 Å². The summed E-state index contributed by atoms with van der Waals surface area (Å²) in [5.74, 6) is -1.21. The van der Waals surface area contributed by atoms with E-state index in [9.17, 15) is 4.79 Å². The fourth-order valence-electron chi connectivity index (χ4n) is 1.63. The second kappa shape index (κ2) is 4.54. The molecule has 0 saturated heterocycles. The van der Waals surface area contributed by atoms with Crippen molar-refractivity contribution in [2.75, 3.05) is 13.7 Å². The van der Waals surface area contributed by atoms with Crippen molar-refractivity contribution in [3.05, 3.63) is 11.6 Å². The van der Waals surface area contributed by atoms with Crippen LogP contribution in [0.1, 0.15) is 6.42 Å². The van der Waals surface area contributed by atoms with E-state index in [-0.39, 0.29) is 24.1 Å². The molecule has 0 radical (unpaired) electrons. The molecule has 0 aromatic carbocycles. The van der Waals surface area contributed by atoms with Gasteiger partial charge in [-0.1, -0.05) is 0 Å². The Hall–Kier alpha value is -0.910. The molecule has 0 unspecified atom stereocenters. The minimum Gasteiger partial charge on any atom is -0.478 e. The first-order chi connectivity index (χ1) is 6.60. The SMILES string of the molecule is CO[C@@H]1C=C(C(=O)O)C[C@@H](CO)[C@@H]1N. The van der Waals surface area contributed by atoms with Crippen molar-refractivity contribution in [2.45, 2.75) is 18.6 Å². The molecule has 0 fully saturated rings. The Morgan fingerprint density at radius 1 is 1.79 bits per heavy atom. The zero-order chi connectivity index (χ0) is 10.7. The third kappa shape index (κ3) is 2.12. The van der Waals surface area contributed by atoms with Crippen LogP contribution in [0.5, 0.6) is 0 Å². The van der Waals surface area contributed by atoms with Gasteiger partial charge in [0.25, 0.3) is 0 Å². The van der Waals surface area contributed by atoms with E-state index in [1.807, 2.05) is 0 Å². The van der Waals surface area contributed by atoms with E-state index in [2.05, 4.69) is 0 Å². The molecule has 0 aromatic heterocycles. The van der Waals surface area contributed by atoms with Crippen LogP contribution in [0, 0.1) is 5.92 Å². The Bertz CT molecular complexity index is 251. The molecule has 4 N–H and O–H groups in total. The van der Waals surface area contributed by atoms with E-state index in [4.69, 9.17) is 20.7 Å². The minimum absolute atomic E-state index is 0.119. The Morgan fingerprint density at radius 2 is 2.43 bits per heavy atom. The molecular formula is C9H15NO4. The number of carbonyl (C=O) groups is 1. The topological polar surface area (TPSA) is 92.8 Å². The van der Waals surface area contributed by atoms with Gasteiger partial charge in [-0.25, -0.2) is 4.79 Å². The maximum absolute atomic E-state index is 10.7. The first-order valence-corrected chi connectivity index (χ1v) is 4.43. The summed E-state index contributed by atoms with van der Waals surface area (Å²) < 4.78 is 5.04. The van der Waals surface area contributed by atoms with Crippen LogP contribution >= 0.6 is 0 Å². The van der Waals surface area contributed by atoms with Crippen molar-refractivity contribution in [3.63, 3.8) is 0 Å². The molecule has 1 aliphatic rings. The van der Waals surface area contributed by atoms with E-state index in [1.165, 1.54) is 13.2 Å². The van der Waals surface area contributed by atoms with Gasteiger partial charge in [0.15, 0.2) is 0 Å². The highest BCUT2D eigenvalue weighted by molar-refractivity contribution is 5.87. The average molecular weight is 201 g/mol. The zero-order valence-electron chi connectivity index (χ0n) is 8.01. The highest BCUT2D eigenvalue weighted by Gasteiger charge is 2.32. The fourth-order valence-corrected chi connectivity index (χ4v) is 1.63. The normalized spacial score (nSPS) is 32.5. The van der Waals surface area contributed by atoms with Gasteiger partial charge >= 0.3 is 5.97 Å². The van der Waals surface area contributed by atoms with Gasteiger partial charge in [-0.05, 0) is 12.5 Å². The maximum Gasteiger partial charge on any atom is 0.331 e. The van der Waals surface area contributed by atoms with Gasteiger partial charge in [0, 0.05) is 31.2 Å². The highest BCUT2D eigenvalue weighted by atomic mass is 16.5. The third-order valence-electron chi connectivity index (χ3n) is 2.55. The Labute approximate surface area is 82.2 Å². The molecule has 5 nitrogen and oxygen atoms in total.